The third kappa shape index (κ3) is 5.20. The molecule has 4 saturated carbocycles. The fourth-order valence-electron chi connectivity index (χ4n) is 9.99. The number of amides is 2. The topological polar surface area (TPSA) is 116 Å². The minimum Gasteiger partial charge on any atom is -0.393 e. The molecule has 10 heteroatoms. The number of benzene rings is 1. The van der Waals surface area contributed by atoms with E-state index < -0.39 is 45.1 Å². The molecule has 41 heavy (non-hydrogen) atoms. The number of carbonyl (C=O) groups is 1. The second-order valence-corrected chi connectivity index (χ2v) is 15.3. The number of carbonyl (C=O) groups excluding carboxylic acids is 1. The highest BCUT2D eigenvalue weighted by Crippen LogP contribution is 2.69. The predicted octanol–water partition coefficient (Wildman–Crippen LogP) is 5.17. The fourth-order valence-corrected chi connectivity index (χ4v) is 11.0. The third-order valence-electron chi connectivity index (χ3n) is 12.0. The van der Waals surface area contributed by atoms with E-state index in [9.17, 15) is 27.8 Å². The van der Waals surface area contributed by atoms with Gasteiger partial charge in [-0.1, -0.05) is 39.3 Å². The number of rotatable bonds is 7. The van der Waals surface area contributed by atoms with Crippen LogP contribution in [0.1, 0.15) is 78.6 Å². The Morgan fingerprint density at radius 2 is 1.73 bits per heavy atom. The van der Waals surface area contributed by atoms with Gasteiger partial charge in [0.2, 0.25) is 0 Å². The molecule has 0 spiro atoms. The zero-order valence-electron chi connectivity index (χ0n) is 24.4. The molecule has 11 atom stereocenters. The SMILES string of the molecule is CC[C@@H]1[C@@H]2[C@@H](F)[C@H](O)CC[C@]2(C)C2CC[C@]3(C)C(CCCNC(=O)NS(=O)(=O)c4ccccc4F)CCC3C2[C@@H]1O. The number of aliphatic hydroxyl groups is 2. The van der Waals surface area contributed by atoms with Crippen LogP contribution in [-0.4, -0.2) is 49.6 Å². The molecule has 4 unspecified atom stereocenters. The Labute approximate surface area is 242 Å². The summed E-state index contributed by atoms with van der Waals surface area (Å²) in [5.41, 5.74) is -0.174. The fraction of sp³-hybridized carbons (Fsp3) is 0.774. The van der Waals surface area contributed by atoms with E-state index in [1.807, 2.05) is 11.6 Å². The third-order valence-corrected chi connectivity index (χ3v) is 13.3. The monoisotopic (exact) mass is 596 g/mol. The summed E-state index contributed by atoms with van der Waals surface area (Å²) in [6.45, 7) is 6.90. The van der Waals surface area contributed by atoms with E-state index in [1.54, 1.807) is 0 Å². The average Bonchev–Trinajstić information content (AvgIpc) is 3.26. The Bertz CT molecular complexity index is 1230. The van der Waals surface area contributed by atoms with Gasteiger partial charge in [0.15, 0.2) is 0 Å². The van der Waals surface area contributed by atoms with Crippen LogP contribution in [0.15, 0.2) is 29.2 Å². The first-order chi connectivity index (χ1) is 19.3. The minimum atomic E-state index is -4.31. The highest BCUT2D eigenvalue weighted by Gasteiger charge is 2.66. The van der Waals surface area contributed by atoms with Crippen molar-refractivity contribution < 1.29 is 32.2 Å². The van der Waals surface area contributed by atoms with Crippen molar-refractivity contribution in [2.45, 2.75) is 102 Å². The zero-order chi connectivity index (χ0) is 29.7. The summed E-state index contributed by atoms with van der Waals surface area (Å²) in [5.74, 6) is -0.255. The number of nitrogens with one attached hydrogen (secondary N) is 2. The molecular formula is C31H46F2N2O5S. The summed E-state index contributed by atoms with van der Waals surface area (Å²) in [4.78, 5) is 11.7. The molecule has 4 fully saturated rings. The van der Waals surface area contributed by atoms with Crippen LogP contribution < -0.4 is 10.0 Å². The van der Waals surface area contributed by atoms with Crippen molar-refractivity contribution in [1.29, 1.82) is 0 Å². The standard InChI is InChI=1S/C31H46F2N2O5S/c1-4-19-26-27(33)23(36)14-16-31(26,3)21-13-15-30(2)18(11-12-20(30)25(21)28(19)37)8-7-17-34-29(38)35-41(39,40)24-10-6-5-9-22(24)32/h5-6,9-10,18-21,23,25-28,36-37H,4,7-8,11-17H2,1-3H3,(H2,34,35,38)/t18?,19-,20?,21?,23-,25?,26-,27+,28-,30-,31-/m1/s1. The van der Waals surface area contributed by atoms with Crippen LogP contribution in [0.4, 0.5) is 13.6 Å². The summed E-state index contributed by atoms with van der Waals surface area (Å²) < 4.78 is 56.0. The number of sulfonamides is 1. The summed E-state index contributed by atoms with van der Waals surface area (Å²) in [7, 11) is -4.31. The first kappa shape index (κ1) is 30.7. The van der Waals surface area contributed by atoms with Crippen molar-refractivity contribution in [3.63, 3.8) is 0 Å². The van der Waals surface area contributed by atoms with Crippen molar-refractivity contribution in [1.82, 2.24) is 10.0 Å². The largest absolute Gasteiger partial charge is 0.393 e. The summed E-state index contributed by atoms with van der Waals surface area (Å²) in [6.07, 6.45) is 4.76. The summed E-state index contributed by atoms with van der Waals surface area (Å²) >= 11 is 0. The van der Waals surface area contributed by atoms with Crippen LogP contribution in [-0.2, 0) is 10.0 Å². The van der Waals surface area contributed by atoms with Crippen LogP contribution in [0, 0.1) is 52.2 Å². The molecule has 4 N–H and O–H groups in total. The Balaban J connectivity index is 1.20. The molecule has 1 aromatic rings. The van der Waals surface area contributed by atoms with Crippen molar-refractivity contribution in [2.24, 2.45) is 46.3 Å². The number of hydrogen-bond acceptors (Lipinski definition) is 5. The van der Waals surface area contributed by atoms with E-state index in [0.717, 1.165) is 50.7 Å². The molecule has 0 aliphatic heterocycles. The van der Waals surface area contributed by atoms with Crippen LogP contribution >= 0.6 is 0 Å². The normalized spacial score (nSPS) is 42.1. The smallest absolute Gasteiger partial charge is 0.328 e. The van der Waals surface area contributed by atoms with Crippen LogP contribution in [0.3, 0.4) is 0 Å². The maximum absolute atomic E-state index is 15.5. The number of aliphatic hydroxyl groups excluding tert-OH is 2. The zero-order valence-corrected chi connectivity index (χ0v) is 25.2. The molecule has 0 heterocycles. The van der Waals surface area contributed by atoms with Crippen LogP contribution in [0.25, 0.3) is 0 Å². The van der Waals surface area contributed by atoms with Gasteiger partial charge in [-0.25, -0.2) is 26.7 Å². The van der Waals surface area contributed by atoms with Gasteiger partial charge in [0.1, 0.15) is 16.9 Å². The number of hydrogen-bond donors (Lipinski definition) is 4. The van der Waals surface area contributed by atoms with Crippen molar-refractivity contribution in [3.05, 3.63) is 30.1 Å². The van der Waals surface area contributed by atoms with Gasteiger partial charge in [-0.05, 0) is 104 Å². The number of alkyl halides is 1. The van der Waals surface area contributed by atoms with Gasteiger partial charge >= 0.3 is 6.03 Å². The quantitative estimate of drug-likeness (QED) is 0.324. The first-order valence-electron chi connectivity index (χ1n) is 15.4. The molecule has 0 bridgehead atoms. The summed E-state index contributed by atoms with van der Waals surface area (Å²) in [6, 6.07) is 4.02. The molecule has 7 nitrogen and oxygen atoms in total. The van der Waals surface area contributed by atoms with E-state index in [2.05, 4.69) is 19.2 Å². The lowest BCUT2D eigenvalue weighted by Crippen LogP contribution is -2.64. The van der Waals surface area contributed by atoms with E-state index in [4.69, 9.17) is 0 Å². The van der Waals surface area contributed by atoms with Gasteiger partial charge in [0.05, 0.1) is 12.2 Å². The number of halogens is 2. The lowest BCUT2D eigenvalue weighted by molar-refractivity contribution is -0.221. The van der Waals surface area contributed by atoms with Crippen LogP contribution in [0.2, 0.25) is 0 Å². The molecule has 0 saturated heterocycles. The highest BCUT2D eigenvalue weighted by atomic mass is 32.2. The maximum atomic E-state index is 15.5. The second kappa shape index (κ2) is 11.4. The Hall–Kier alpha value is -1.78. The number of fused-ring (bicyclic) bond motifs is 5. The highest BCUT2D eigenvalue weighted by molar-refractivity contribution is 7.90. The molecule has 2 amide bonds. The van der Waals surface area contributed by atoms with E-state index in [1.165, 1.54) is 12.1 Å². The minimum absolute atomic E-state index is 0.0450. The van der Waals surface area contributed by atoms with E-state index in [-0.39, 0.29) is 34.5 Å². The van der Waals surface area contributed by atoms with Gasteiger partial charge in [-0.3, -0.25) is 0 Å². The molecule has 5 rings (SSSR count). The molecular weight excluding hydrogens is 550 g/mol. The Kier molecular flexibility index (Phi) is 8.51. The van der Waals surface area contributed by atoms with Gasteiger partial charge < -0.3 is 15.5 Å². The number of urea groups is 1. The van der Waals surface area contributed by atoms with Gasteiger partial charge in [-0.15, -0.1) is 0 Å². The molecule has 0 aromatic heterocycles. The van der Waals surface area contributed by atoms with E-state index >= 15 is 4.39 Å². The molecule has 4 aliphatic rings. The van der Waals surface area contributed by atoms with E-state index in [0.29, 0.717) is 37.6 Å². The molecule has 0 radical (unpaired) electrons. The average molecular weight is 597 g/mol. The van der Waals surface area contributed by atoms with Gasteiger partial charge in [0.25, 0.3) is 10.0 Å². The molecule has 4 aliphatic carbocycles. The first-order valence-corrected chi connectivity index (χ1v) is 16.9. The van der Waals surface area contributed by atoms with Crippen molar-refractivity contribution in [3.8, 4) is 0 Å². The second-order valence-electron chi connectivity index (χ2n) is 13.7. The molecule has 1 aromatic carbocycles. The van der Waals surface area contributed by atoms with Gasteiger partial charge in [-0.2, -0.15) is 0 Å². The maximum Gasteiger partial charge on any atom is 0.328 e. The van der Waals surface area contributed by atoms with Gasteiger partial charge in [0, 0.05) is 12.5 Å². The molecule has 230 valence electrons. The lowest BCUT2D eigenvalue weighted by atomic mass is 9.41. The van der Waals surface area contributed by atoms with Crippen LogP contribution in [0.5, 0.6) is 0 Å². The lowest BCUT2D eigenvalue weighted by Gasteiger charge is -2.65. The van der Waals surface area contributed by atoms with Crippen molar-refractivity contribution >= 4 is 16.1 Å². The Morgan fingerprint density at radius 1 is 1.05 bits per heavy atom. The Morgan fingerprint density at radius 3 is 2.44 bits per heavy atom. The summed E-state index contributed by atoms with van der Waals surface area (Å²) in [5, 5.41) is 24.7. The predicted molar refractivity (Wildman–Crippen MR) is 151 cm³/mol. The van der Waals surface area contributed by atoms with Crippen molar-refractivity contribution in [2.75, 3.05) is 6.54 Å².